The molecule has 0 saturated carbocycles. The van der Waals surface area contributed by atoms with E-state index in [0.717, 1.165) is 10.6 Å². The fourth-order valence-electron chi connectivity index (χ4n) is 3.53. The molecular weight excluding hydrogens is 504 g/mol. The van der Waals surface area contributed by atoms with E-state index in [0.29, 0.717) is 17.0 Å². The maximum Gasteiger partial charge on any atom is 0.242 e. The van der Waals surface area contributed by atoms with E-state index in [9.17, 15) is 22.4 Å². The quantitative estimate of drug-likeness (QED) is 0.469. The van der Waals surface area contributed by atoms with Gasteiger partial charge < -0.3 is 10.2 Å². The minimum Gasteiger partial charge on any atom is -0.357 e. The lowest BCUT2D eigenvalue weighted by Gasteiger charge is -2.31. The van der Waals surface area contributed by atoms with E-state index in [4.69, 9.17) is 23.2 Å². The van der Waals surface area contributed by atoms with Crippen LogP contribution in [0.25, 0.3) is 0 Å². The molecular formula is C23H28Cl2FN3O4S. The molecule has 0 aromatic heterocycles. The molecule has 2 amide bonds. The molecule has 0 aliphatic rings. The lowest BCUT2D eigenvalue weighted by Crippen LogP contribution is -2.48. The van der Waals surface area contributed by atoms with Crippen molar-refractivity contribution in [2.24, 2.45) is 0 Å². The Morgan fingerprint density at radius 3 is 2.32 bits per heavy atom. The Bertz CT molecular complexity index is 1110. The van der Waals surface area contributed by atoms with Crippen LogP contribution in [0.15, 0.2) is 42.5 Å². The molecule has 0 bridgehead atoms. The highest BCUT2D eigenvalue weighted by Gasteiger charge is 2.28. The van der Waals surface area contributed by atoms with Gasteiger partial charge in [-0.3, -0.25) is 13.9 Å². The van der Waals surface area contributed by atoms with Gasteiger partial charge in [0.2, 0.25) is 21.8 Å². The fourth-order valence-corrected chi connectivity index (χ4v) is 4.94. The van der Waals surface area contributed by atoms with Gasteiger partial charge in [0, 0.05) is 31.6 Å². The third-order valence-corrected chi connectivity index (χ3v) is 6.96. The summed E-state index contributed by atoms with van der Waals surface area (Å²) < 4.78 is 39.2. The topological polar surface area (TPSA) is 86.8 Å². The summed E-state index contributed by atoms with van der Waals surface area (Å²) in [5.41, 5.74) is 0.893. The zero-order valence-electron chi connectivity index (χ0n) is 19.2. The third kappa shape index (κ3) is 7.58. The van der Waals surface area contributed by atoms with Crippen LogP contribution in [0.3, 0.4) is 0 Å². The highest BCUT2D eigenvalue weighted by Crippen LogP contribution is 2.31. The number of halogens is 3. The Kier molecular flexibility index (Phi) is 10.1. The molecule has 2 aromatic carbocycles. The Morgan fingerprint density at radius 2 is 1.76 bits per heavy atom. The smallest absolute Gasteiger partial charge is 0.242 e. The Balaban J connectivity index is 2.21. The fraction of sp³-hybridized carbons (Fsp3) is 0.391. The van der Waals surface area contributed by atoms with Crippen molar-refractivity contribution in [3.63, 3.8) is 0 Å². The number of likely N-dealkylation sites (N-methyl/N-ethyl adjacent to an activating group) is 1. The second-order valence-electron chi connectivity index (χ2n) is 7.72. The standard InChI is InChI=1S/C23H28Cl2FN3O4S/c1-4-20(23(31)27-2)28(15-16-7-10-18(26)11-8-16)22(30)6-5-13-29(34(3,32)33)21-14-17(24)9-12-19(21)25/h7-12,14,20H,4-6,13,15H2,1-3H3,(H,27,31). The summed E-state index contributed by atoms with van der Waals surface area (Å²) in [6.45, 7) is 1.89. The maximum atomic E-state index is 13.3. The van der Waals surface area contributed by atoms with Gasteiger partial charge in [-0.2, -0.15) is 0 Å². The van der Waals surface area contributed by atoms with Crippen LogP contribution in [0.5, 0.6) is 0 Å². The first-order valence-corrected chi connectivity index (χ1v) is 13.3. The summed E-state index contributed by atoms with van der Waals surface area (Å²) in [5.74, 6) is -1.05. The number of nitrogens with one attached hydrogen (secondary N) is 1. The van der Waals surface area contributed by atoms with Crippen molar-refractivity contribution in [2.45, 2.75) is 38.8 Å². The van der Waals surface area contributed by atoms with Crippen molar-refractivity contribution < 1.29 is 22.4 Å². The molecule has 0 fully saturated rings. The number of carbonyl (C=O) groups excluding carboxylic acids is 2. The van der Waals surface area contributed by atoms with E-state index < -0.39 is 21.9 Å². The Hall–Kier alpha value is -2.36. The van der Waals surface area contributed by atoms with Crippen molar-refractivity contribution in [1.29, 1.82) is 0 Å². The molecule has 0 spiro atoms. The summed E-state index contributed by atoms with van der Waals surface area (Å²) in [7, 11) is -2.21. The molecule has 7 nitrogen and oxygen atoms in total. The largest absolute Gasteiger partial charge is 0.357 e. The van der Waals surface area contributed by atoms with Crippen LogP contribution in [-0.2, 0) is 26.2 Å². The molecule has 11 heteroatoms. The monoisotopic (exact) mass is 531 g/mol. The van der Waals surface area contributed by atoms with E-state index in [1.165, 1.54) is 36.2 Å². The zero-order chi connectivity index (χ0) is 25.5. The number of hydrogen-bond donors (Lipinski definition) is 1. The van der Waals surface area contributed by atoms with Crippen molar-refractivity contribution in [3.8, 4) is 0 Å². The molecule has 1 unspecified atom stereocenters. The van der Waals surface area contributed by atoms with Crippen LogP contribution >= 0.6 is 23.2 Å². The summed E-state index contributed by atoms with van der Waals surface area (Å²) in [6.07, 6.45) is 1.59. The van der Waals surface area contributed by atoms with E-state index in [2.05, 4.69) is 5.32 Å². The number of sulfonamides is 1. The van der Waals surface area contributed by atoms with Crippen LogP contribution in [0.4, 0.5) is 10.1 Å². The highest BCUT2D eigenvalue weighted by atomic mass is 35.5. The van der Waals surface area contributed by atoms with Gasteiger partial charge in [0.1, 0.15) is 11.9 Å². The zero-order valence-corrected chi connectivity index (χ0v) is 21.6. The summed E-state index contributed by atoms with van der Waals surface area (Å²) in [5, 5.41) is 3.10. The minimum atomic E-state index is -3.70. The van der Waals surface area contributed by atoms with E-state index in [-0.39, 0.29) is 48.5 Å². The second-order valence-corrected chi connectivity index (χ2v) is 10.5. The predicted octanol–water partition coefficient (Wildman–Crippen LogP) is 4.23. The van der Waals surface area contributed by atoms with Crippen LogP contribution in [0.2, 0.25) is 10.0 Å². The number of carbonyl (C=O) groups is 2. The van der Waals surface area contributed by atoms with Crippen molar-refractivity contribution in [3.05, 3.63) is 63.9 Å². The third-order valence-electron chi connectivity index (χ3n) is 5.23. The van der Waals surface area contributed by atoms with Crippen molar-refractivity contribution in [1.82, 2.24) is 10.2 Å². The number of rotatable bonds is 11. The summed E-state index contributed by atoms with van der Waals surface area (Å²) >= 11 is 12.2. The molecule has 0 heterocycles. The van der Waals surface area contributed by atoms with E-state index >= 15 is 0 Å². The summed E-state index contributed by atoms with van der Waals surface area (Å²) in [4.78, 5) is 27.0. The normalized spacial score (nSPS) is 12.2. The van der Waals surface area contributed by atoms with Crippen LogP contribution < -0.4 is 9.62 Å². The van der Waals surface area contributed by atoms with Crippen LogP contribution in [0.1, 0.15) is 31.7 Å². The van der Waals surface area contributed by atoms with Crippen molar-refractivity contribution in [2.75, 3.05) is 24.2 Å². The molecule has 0 radical (unpaired) electrons. The molecule has 1 N–H and O–H groups in total. The first-order chi connectivity index (χ1) is 16.0. The first-order valence-electron chi connectivity index (χ1n) is 10.7. The Labute approximate surface area is 209 Å². The van der Waals surface area contributed by atoms with Gasteiger partial charge in [0.05, 0.1) is 17.0 Å². The average molecular weight is 532 g/mol. The average Bonchev–Trinajstić information content (AvgIpc) is 2.78. The number of nitrogens with zero attached hydrogens (tertiary/aromatic N) is 2. The maximum absolute atomic E-state index is 13.3. The molecule has 0 saturated heterocycles. The first kappa shape index (κ1) is 27.9. The molecule has 1 atom stereocenters. The molecule has 0 aliphatic carbocycles. The van der Waals surface area contributed by atoms with Crippen LogP contribution in [-0.4, -0.2) is 51.0 Å². The molecule has 2 rings (SSSR count). The van der Waals surface area contributed by atoms with E-state index in [1.54, 1.807) is 25.1 Å². The van der Waals surface area contributed by atoms with Gasteiger partial charge in [-0.25, -0.2) is 12.8 Å². The number of benzene rings is 2. The predicted molar refractivity (Wildman–Crippen MR) is 133 cm³/mol. The van der Waals surface area contributed by atoms with Gasteiger partial charge >= 0.3 is 0 Å². The lowest BCUT2D eigenvalue weighted by molar-refractivity contribution is -0.141. The van der Waals surface area contributed by atoms with Crippen LogP contribution in [0, 0.1) is 5.82 Å². The molecule has 0 aliphatic heterocycles. The van der Waals surface area contributed by atoms with Crippen molar-refractivity contribution >= 4 is 50.7 Å². The molecule has 2 aromatic rings. The highest BCUT2D eigenvalue weighted by molar-refractivity contribution is 7.92. The minimum absolute atomic E-state index is 0.00815. The van der Waals surface area contributed by atoms with Gasteiger partial charge in [0.15, 0.2) is 0 Å². The van der Waals surface area contributed by atoms with E-state index in [1.807, 2.05) is 0 Å². The van der Waals surface area contributed by atoms with Gasteiger partial charge in [-0.05, 0) is 48.7 Å². The SMILES string of the molecule is CCC(C(=O)NC)N(Cc1ccc(F)cc1)C(=O)CCCN(c1cc(Cl)ccc1Cl)S(C)(=O)=O. The second kappa shape index (κ2) is 12.4. The Morgan fingerprint density at radius 1 is 1.12 bits per heavy atom. The lowest BCUT2D eigenvalue weighted by atomic mass is 10.1. The van der Waals surface area contributed by atoms with Gasteiger partial charge in [-0.1, -0.05) is 42.3 Å². The molecule has 34 heavy (non-hydrogen) atoms. The number of amides is 2. The molecule has 186 valence electrons. The van der Waals surface area contributed by atoms with Gasteiger partial charge in [0.25, 0.3) is 0 Å². The number of anilines is 1. The summed E-state index contributed by atoms with van der Waals surface area (Å²) in [6, 6.07) is 9.46. The number of hydrogen-bond acceptors (Lipinski definition) is 4. The van der Waals surface area contributed by atoms with Gasteiger partial charge in [-0.15, -0.1) is 0 Å².